The SMILES string of the molecule is Cc1ccc(F)cc1-c1cc(C(=O)O)ccn1. The van der Waals surface area contributed by atoms with Gasteiger partial charge in [0.05, 0.1) is 11.3 Å². The molecule has 17 heavy (non-hydrogen) atoms. The summed E-state index contributed by atoms with van der Waals surface area (Å²) < 4.78 is 13.1. The van der Waals surface area contributed by atoms with E-state index < -0.39 is 5.97 Å². The van der Waals surface area contributed by atoms with Gasteiger partial charge in [-0.05, 0) is 36.8 Å². The quantitative estimate of drug-likeness (QED) is 0.864. The molecule has 4 heteroatoms. The number of carbonyl (C=O) groups is 1. The van der Waals surface area contributed by atoms with Crippen LogP contribution in [0.1, 0.15) is 15.9 Å². The number of pyridine rings is 1. The van der Waals surface area contributed by atoms with Crippen LogP contribution >= 0.6 is 0 Å². The number of benzene rings is 1. The van der Waals surface area contributed by atoms with E-state index >= 15 is 0 Å². The number of hydrogen-bond acceptors (Lipinski definition) is 2. The van der Waals surface area contributed by atoms with Gasteiger partial charge in [-0.1, -0.05) is 6.07 Å². The van der Waals surface area contributed by atoms with E-state index in [1.807, 2.05) is 6.92 Å². The van der Waals surface area contributed by atoms with Crippen molar-refractivity contribution in [3.8, 4) is 11.3 Å². The van der Waals surface area contributed by atoms with Gasteiger partial charge in [0.1, 0.15) is 5.82 Å². The Morgan fingerprint density at radius 1 is 1.29 bits per heavy atom. The summed E-state index contributed by atoms with van der Waals surface area (Å²) in [5, 5.41) is 8.88. The summed E-state index contributed by atoms with van der Waals surface area (Å²) >= 11 is 0. The van der Waals surface area contributed by atoms with E-state index in [2.05, 4.69) is 4.98 Å². The van der Waals surface area contributed by atoms with E-state index in [0.717, 1.165) is 5.56 Å². The summed E-state index contributed by atoms with van der Waals surface area (Å²) in [7, 11) is 0. The zero-order chi connectivity index (χ0) is 12.4. The first kappa shape index (κ1) is 11.3. The Bertz CT molecular complexity index is 581. The number of nitrogens with zero attached hydrogens (tertiary/aromatic N) is 1. The Kier molecular flexibility index (Phi) is 2.87. The molecule has 0 bridgehead atoms. The standard InChI is InChI=1S/C13H10FNO2/c1-8-2-3-10(14)7-11(8)12-6-9(13(16)17)4-5-15-12/h2-7H,1H3,(H,16,17). The molecule has 1 N–H and O–H groups in total. The molecule has 1 aromatic carbocycles. The molecule has 0 aliphatic carbocycles. The van der Waals surface area contributed by atoms with Crippen LogP contribution in [0.15, 0.2) is 36.5 Å². The third-order valence-electron chi connectivity index (χ3n) is 2.48. The number of carboxylic acids is 1. The Morgan fingerprint density at radius 2 is 2.06 bits per heavy atom. The van der Waals surface area contributed by atoms with E-state index in [4.69, 9.17) is 5.11 Å². The van der Waals surface area contributed by atoms with Gasteiger partial charge in [0.15, 0.2) is 0 Å². The molecule has 0 radical (unpaired) electrons. The van der Waals surface area contributed by atoms with Crippen molar-refractivity contribution in [2.24, 2.45) is 0 Å². The Labute approximate surface area is 97.6 Å². The Hall–Kier alpha value is -2.23. The molecular formula is C13H10FNO2. The minimum atomic E-state index is -1.03. The molecule has 86 valence electrons. The molecule has 3 nitrogen and oxygen atoms in total. The van der Waals surface area contributed by atoms with Gasteiger partial charge in [-0.2, -0.15) is 0 Å². The highest BCUT2D eigenvalue weighted by Gasteiger charge is 2.08. The van der Waals surface area contributed by atoms with Crippen molar-refractivity contribution in [2.45, 2.75) is 6.92 Å². The third-order valence-corrected chi connectivity index (χ3v) is 2.48. The molecule has 0 atom stereocenters. The zero-order valence-electron chi connectivity index (χ0n) is 9.14. The molecule has 0 fully saturated rings. The summed E-state index contributed by atoms with van der Waals surface area (Å²) in [6.07, 6.45) is 1.41. The van der Waals surface area contributed by atoms with Crippen LogP contribution in [0.2, 0.25) is 0 Å². The molecular weight excluding hydrogens is 221 g/mol. The fraction of sp³-hybridized carbons (Fsp3) is 0.0769. The highest BCUT2D eigenvalue weighted by molar-refractivity contribution is 5.88. The van der Waals surface area contributed by atoms with Gasteiger partial charge in [-0.3, -0.25) is 4.98 Å². The molecule has 1 heterocycles. The van der Waals surface area contributed by atoms with Gasteiger partial charge < -0.3 is 5.11 Å². The second-order valence-electron chi connectivity index (χ2n) is 3.69. The van der Waals surface area contributed by atoms with Crippen molar-refractivity contribution in [1.82, 2.24) is 4.98 Å². The number of rotatable bonds is 2. The monoisotopic (exact) mass is 231 g/mol. The normalized spacial score (nSPS) is 10.2. The largest absolute Gasteiger partial charge is 0.478 e. The Balaban J connectivity index is 2.56. The second-order valence-corrected chi connectivity index (χ2v) is 3.69. The van der Waals surface area contributed by atoms with Gasteiger partial charge in [-0.15, -0.1) is 0 Å². The lowest BCUT2D eigenvalue weighted by molar-refractivity contribution is 0.0697. The summed E-state index contributed by atoms with van der Waals surface area (Å²) in [6.45, 7) is 1.82. The second kappa shape index (κ2) is 4.33. The van der Waals surface area contributed by atoms with Crippen molar-refractivity contribution in [2.75, 3.05) is 0 Å². The van der Waals surface area contributed by atoms with Crippen LogP contribution in [-0.2, 0) is 0 Å². The zero-order valence-corrected chi connectivity index (χ0v) is 9.14. The number of aromatic nitrogens is 1. The maximum absolute atomic E-state index is 13.1. The smallest absolute Gasteiger partial charge is 0.335 e. The fourth-order valence-electron chi connectivity index (χ4n) is 1.58. The third kappa shape index (κ3) is 2.30. The van der Waals surface area contributed by atoms with Gasteiger partial charge in [0.25, 0.3) is 0 Å². The molecule has 0 aliphatic rings. The van der Waals surface area contributed by atoms with Crippen LogP contribution < -0.4 is 0 Å². The van der Waals surface area contributed by atoms with Crippen molar-refractivity contribution in [1.29, 1.82) is 0 Å². The minimum Gasteiger partial charge on any atom is -0.478 e. The predicted octanol–water partition coefficient (Wildman–Crippen LogP) is 2.89. The van der Waals surface area contributed by atoms with Crippen LogP contribution in [0.3, 0.4) is 0 Å². The fourth-order valence-corrected chi connectivity index (χ4v) is 1.58. The van der Waals surface area contributed by atoms with Crippen LogP contribution in [0.25, 0.3) is 11.3 Å². The van der Waals surface area contributed by atoms with Gasteiger partial charge in [-0.25, -0.2) is 9.18 Å². The molecule has 0 spiro atoms. The molecule has 0 saturated heterocycles. The van der Waals surface area contributed by atoms with Crippen molar-refractivity contribution in [3.63, 3.8) is 0 Å². The molecule has 0 unspecified atom stereocenters. The van der Waals surface area contributed by atoms with Crippen LogP contribution in [0.5, 0.6) is 0 Å². The topological polar surface area (TPSA) is 50.2 Å². The van der Waals surface area contributed by atoms with Crippen LogP contribution in [-0.4, -0.2) is 16.1 Å². The predicted molar refractivity (Wildman–Crippen MR) is 61.3 cm³/mol. The molecule has 0 aliphatic heterocycles. The van der Waals surface area contributed by atoms with E-state index in [-0.39, 0.29) is 11.4 Å². The van der Waals surface area contributed by atoms with Gasteiger partial charge >= 0.3 is 5.97 Å². The van der Waals surface area contributed by atoms with Gasteiger partial charge in [0.2, 0.25) is 0 Å². The number of hydrogen-bond donors (Lipinski definition) is 1. The summed E-state index contributed by atoms with van der Waals surface area (Å²) in [4.78, 5) is 14.9. The first-order valence-electron chi connectivity index (χ1n) is 5.04. The first-order chi connectivity index (χ1) is 8.08. The average Bonchev–Trinajstić information content (AvgIpc) is 2.32. The molecule has 2 aromatic rings. The average molecular weight is 231 g/mol. The van der Waals surface area contributed by atoms with Crippen LogP contribution in [0, 0.1) is 12.7 Å². The van der Waals surface area contributed by atoms with Crippen molar-refractivity contribution < 1.29 is 14.3 Å². The summed E-state index contributed by atoms with van der Waals surface area (Å²) in [5.41, 5.74) is 2.05. The van der Waals surface area contributed by atoms with Crippen molar-refractivity contribution in [3.05, 3.63) is 53.5 Å². The van der Waals surface area contributed by atoms with Crippen LogP contribution in [0.4, 0.5) is 4.39 Å². The molecule has 0 amide bonds. The lowest BCUT2D eigenvalue weighted by Gasteiger charge is -2.05. The first-order valence-corrected chi connectivity index (χ1v) is 5.04. The minimum absolute atomic E-state index is 0.138. The highest BCUT2D eigenvalue weighted by atomic mass is 19.1. The maximum atomic E-state index is 13.1. The summed E-state index contributed by atoms with van der Waals surface area (Å²) in [5.74, 6) is -1.39. The lowest BCUT2D eigenvalue weighted by atomic mass is 10.0. The van der Waals surface area contributed by atoms with E-state index in [9.17, 15) is 9.18 Å². The summed E-state index contributed by atoms with van der Waals surface area (Å²) in [6, 6.07) is 7.19. The number of halogens is 1. The van der Waals surface area contributed by atoms with E-state index in [1.54, 1.807) is 6.07 Å². The lowest BCUT2D eigenvalue weighted by Crippen LogP contribution is -1.98. The van der Waals surface area contributed by atoms with Crippen molar-refractivity contribution >= 4 is 5.97 Å². The molecule has 1 aromatic heterocycles. The molecule has 2 rings (SSSR count). The number of aryl methyl sites for hydroxylation is 1. The maximum Gasteiger partial charge on any atom is 0.335 e. The van der Waals surface area contributed by atoms with E-state index in [1.165, 1.54) is 30.5 Å². The molecule has 0 saturated carbocycles. The number of carboxylic acid groups (broad SMARTS) is 1. The van der Waals surface area contributed by atoms with E-state index in [0.29, 0.717) is 11.3 Å². The highest BCUT2D eigenvalue weighted by Crippen LogP contribution is 2.23. The number of aromatic carboxylic acids is 1. The van der Waals surface area contributed by atoms with Gasteiger partial charge in [0, 0.05) is 11.8 Å². The Morgan fingerprint density at radius 3 is 2.76 bits per heavy atom.